The van der Waals surface area contributed by atoms with Crippen molar-refractivity contribution in [2.75, 3.05) is 13.3 Å². The first-order valence-corrected chi connectivity index (χ1v) is 7.70. The molecule has 0 radical (unpaired) electrons. The zero-order chi connectivity index (χ0) is 17.1. The van der Waals surface area contributed by atoms with Crippen LogP contribution in [0.25, 0.3) is 0 Å². The van der Waals surface area contributed by atoms with Crippen molar-refractivity contribution in [3.05, 3.63) is 47.5 Å². The number of ketones is 1. The number of fused-ring (bicyclic) bond motifs is 1. The lowest BCUT2D eigenvalue weighted by Crippen LogP contribution is -2.33. The van der Waals surface area contributed by atoms with Gasteiger partial charge in [-0.15, -0.1) is 0 Å². The maximum atomic E-state index is 12.1. The molecular formula is C18H19NO5. The highest BCUT2D eigenvalue weighted by atomic mass is 16.7. The molecule has 3 N–H and O–H groups in total. The van der Waals surface area contributed by atoms with E-state index in [1.165, 1.54) is 18.2 Å². The van der Waals surface area contributed by atoms with Crippen LogP contribution in [-0.4, -0.2) is 35.4 Å². The fourth-order valence-electron chi connectivity index (χ4n) is 2.56. The Bertz CT molecular complexity index is 759. The highest BCUT2D eigenvalue weighted by Gasteiger charge is 2.15. The van der Waals surface area contributed by atoms with Crippen LogP contribution in [-0.2, 0) is 6.42 Å². The van der Waals surface area contributed by atoms with Crippen molar-refractivity contribution < 1.29 is 24.5 Å². The van der Waals surface area contributed by atoms with E-state index in [0.717, 1.165) is 23.5 Å². The molecule has 24 heavy (non-hydrogen) atoms. The van der Waals surface area contributed by atoms with Crippen molar-refractivity contribution in [3.63, 3.8) is 0 Å². The average molecular weight is 329 g/mol. The van der Waals surface area contributed by atoms with Crippen molar-refractivity contribution in [2.24, 2.45) is 0 Å². The van der Waals surface area contributed by atoms with Gasteiger partial charge in [-0.1, -0.05) is 6.07 Å². The number of Topliss-reactive ketones (excluding diaryl/α,β-unsaturated/α-hetero) is 1. The van der Waals surface area contributed by atoms with Gasteiger partial charge in [0.2, 0.25) is 6.79 Å². The Labute approximate surface area is 139 Å². The van der Waals surface area contributed by atoms with E-state index in [1.54, 1.807) is 0 Å². The molecule has 0 saturated carbocycles. The van der Waals surface area contributed by atoms with Crippen LogP contribution < -0.4 is 14.8 Å². The molecule has 1 unspecified atom stereocenters. The highest BCUT2D eigenvalue weighted by molar-refractivity contribution is 5.98. The van der Waals surface area contributed by atoms with E-state index in [2.05, 4.69) is 5.32 Å². The number of nitrogens with one attached hydrogen (secondary N) is 1. The second-order valence-corrected chi connectivity index (χ2v) is 5.80. The van der Waals surface area contributed by atoms with Crippen LogP contribution in [0.4, 0.5) is 0 Å². The second kappa shape index (κ2) is 6.80. The van der Waals surface area contributed by atoms with Gasteiger partial charge in [0.25, 0.3) is 0 Å². The van der Waals surface area contributed by atoms with Gasteiger partial charge in [0.1, 0.15) is 0 Å². The number of carbonyl (C=O) groups is 1. The summed E-state index contributed by atoms with van der Waals surface area (Å²) in [4.78, 5) is 12.1. The molecule has 1 heterocycles. The Kier molecular flexibility index (Phi) is 4.57. The predicted octanol–water partition coefficient (Wildman–Crippen LogP) is 2.23. The van der Waals surface area contributed by atoms with Gasteiger partial charge >= 0.3 is 0 Å². The molecule has 0 saturated heterocycles. The fourth-order valence-corrected chi connectivity index (χ4v) is 2.56. The van der Waals surface area contributed by atoms with E-state index < -0.39 is 0 Å². The van der Waals surface area contributed by atoms with Crippen molar-refractivity contribution in [2.45, 2.75) is 19.4 Å². The lowest BCUT2D eigenvalue weighted by atomic mass is 10.1. The van der Waals surface area contributed by atoms with Gasteiger partial charge in [0, 0.05) is 11.6 Å². The molecule has 0 spiro atoms. The van der Waals surface area contributed by atoms with Crippen molar-refractivity contribution in [1.29, 1.82) is 0 Å². The van der Waals surface area contributed by atoms with E-state index >= 15 is 0 Å². The Balaban J connectivity index is 1.54. The van der Waals surface area contributed by atoms with E-state index in [1.807, 2.05) is 25.1 Å². The maximum Gasteiger partial charge on any atom is 0.231 e. The summed E-state index contributed by atoms with van der Waals surface area (Å²) >= 11 is 0. The fraction of sp³-hybridized carbons (Fsp3) is 0.278. The first kappa shape index (κ1) is 16.1. The molecule has 126 valence electrons. The van der Waals surface area contributed by atoms with Gasteiger partial charge in [-0.05, 0) is 49.2 Å². The summed E-state index contributed by atoms with van der Waals surface area (Å²) in [6.45, 7) is 2.39. The van der Waals surface area contributed by atoms with Crippen molar-refractivity contribution in [1.82, 2.24) is 5.32 Å². The number of phenols is 2. The molecule has 0 fully saturated rings. The van der Waals surface area contributed by atoms with Gasteiger partial charge in [0.15, 0.2) is 28.8 Å². The molecule has 0 amide bonds. The molecule has 0 bridgehead atoms. The molecule has 2 aromatic rings. The van der Waals surface area contributed by atoms with Crippen LogP contribution in [0.2, 0.25) is 0 Å². The maximum absolute atomic E-state index is 12.1. The highest BCUT2D eigenvalue weighted by Crippen LogP contribution is 2.32. The predicted molar refractivity (Wildman–Crippen MR) is 87.8 cm³/mol. The number of ether oxygens (including phenoxy) is 2. The summed E-state index contributed by atoms with van der Waals surface area (Å²) in [7, 11) is 0. The quantitative estimate of drug-likeness (QED) is 0.556. The Morgan fingerprint density at radius 3 is 2.71 bits per heavy atom. The van der Waals surface area contributed by atoms with E-state index in [0.29, 0.717) is 5.56 Å². The normalized spacial score (nSPS) is 13.7. The summed E-state index contributed by atoms with van der Waals surface area (Å²) in [5.74, 6) is 0.810. The van der Waals surface area contributed by atoms with Gasteiger partial charge in [0.05, 0.1) is 6.54 Å². The van der Waals surface area contributed by atoms with Crippen LogP contribution >= 0.6 is 0 Å². The standard InChI is InChI=1S/C18H19NO5/c1-11(6-12-2-5-17-18(7-12)24-10-23-17)19-9-16(22)13-3-4-14(20)15(21)8-13/h2-5,7-8,11,19-21H,6,9-10H2,1H3. The third-order valence-corrected chi connectivity index (χ3v) is 3.89. The van der Waals surface area contributed by atoms with Gasteiger partial charge in [-0.25, -0.2) is 0 Å². The average Bonchev–Trinajstić information content (AvgIpc) is 3.03. The molecule has 1 aliphatic heterocycles. The molecule has 3 rings (SSSR count). The third kappa shape index (κ3) is 3.60. The Hall–Kier alpha value is -2.73. The van der Waals surface area contributed by atoms with E-state index in [-0.39, 0.29) is 36.7 Å². The van der Waals surface area contributed by atoms with Crippen molar-refractivity contribution in [3.8, 4) is 23.0 Å². The molecule has 1 atom stereocenters. The van der Waals surface area contributed by atoms with Crippen LogP contribution in [0.5, 0.6) is 23.0 Å². The monoisotopic (exact) mass is 329 g/mol. The largest absolute Gasteiger partial charge is 0.504 e. The molecule has 0 aromatic heterocycles. The molecule has 1 aliphatic rings. The lowest BCUT2D eigenvalue weighted by molar-refractivity contribution is 0.0987. The number of hydrogen-bond acceptors (Lipinski definition) is 6. The summed E-state index contributed by atoms with van der Waals surface area (Å²) in [5.41, 5.74) is 1.45. The Morgan fingerprint density at radius 1 is 1.12 bits per heavy atom. The van der Waals surface area contributed by atoms with Crippen LogP contribution in [0.15, 0.2) is 36.4 Å². The summed E-state index contributed by atoms with van der Waals surface area (Å²) < 4.78 is 10.6. The number of benzene rings is 2. The summed E-state index contributed by atoms with van der Waals surface area (Å²) in [5, 5.41) is 21.9. The molecule has 0 aliphatic carbocycles. The third-order valence-electron chi connectivity index (χ3n) is 3.89. The van der Waals surface area contributed by atoms with Gasteiger partial charge in [-0.2, -0.15) is 0 Å². The van der Waals surface area contributed by atoms with Crippen molar-refractivity contribution >= 4 is 5.78 Å². The number of rotatable bonds is 6. The topological polar surface area (TPSA) is 88.0 Å². The van der Waals surface area contributed by atoms with Gasteiger partial charge in [-0.3, -0.25) is 4.79 Å². The lowest BCUT2D eigenvalue weighted by Gasteiger charge is -2.14. The number of aromatic hydroxyl groups is 2. The zero-order valence-corrected chi connectivity index (χ0v) is 13.3. The first-order valence-electron chi connectivity index (χ1n) is 7.70. The van der Waals surface area contributed by atoms with E-state index in [4.69, 9.17) is 9.47 Å². The Morgan fingerprint density at radius 2 is 1.92 bits per heavy atom. The minimum atomic E-state index is -0.297. The molecule has 6 nitrogen and oxygen atoms in total. The van der Waals surface area contributed by atoms with Crippen LogP contribution in [0, 0.1) is 0 Å². The van der Waals surface area contributed by atoms with Crippen LogP contribution in [0.1, 0.15) is 22.8 Å². The molecule has 2 aromatic carbocycles. The minimum Gasteiger partial charge on any atom is -0.504 e. The second-order valence-electron chi connectivity index (χ2n) is 5.80. The first-order chi connectivity index (χ1) is 11.5. The smallest absolute Gasteiger partial charge is 0.231 e. The molecular weight excluding hydrogens is 310 g/mol. The van der Waals surface area contributed by atoms with E-state index in [9.17, 15) is 15.0 Å². The van der Waals surface area contributed by atoms with Gasteiger partial charge < -0.3 is 25.0 Å². The minimum absolute atomic E-state index is 0.0834. The number of phenolic OH excluding ortho intramolecular Hbond substituents is 2. The summed E-state index contributed by atoms with van der Waals surface area (Å²) in [6, 6.07) is 9.95. The zero-order valence-electron chi connectivity index (χ0n) is 13.3. The number of hydrogen-bond donors (Lipinski definition) is 3. The summed E-state index contributed by atoms with van der Waals surface area (Å²) in [6.07, 6.45) is 0.741. The molecule has 6 heteroatoms. The SMILES string of the molecule is CC(Cc1ccc2c(c1)OCO2)NCC(=O)c1ccc(O)c(O)c1. The number of carbonyl (C=O) groups excluding carboxylic acids is 1. The van der Waals surface area contributed by atoms with Crippen LogP contribution in [0.3, 0.4) is 0 Å².